The van der Waals surface area contributed by atoms with Gasteiger partial charge in [0.2, 0.25) is 0 Å². The number of benzene rings is 2. The maximum absolute atomic E-state index is 12.5. The fraction of sp³-hybridized carbons (Fsp3) is 0.316. The lowest BCUT2D eigenvalue weighted by molar-refractivity contribution is 0.0948. The standard InChI is InChI=1S/C19H22N2O5S2/c1-14-2-6-17(7-3-14)21-28(25,26)18-8-4-16(5-9-18)19(22)20-12-15-10-11-27(23,24)13-15/h2-9,15,21H,10-13H2,1H3,(H,20,22). The highest BCUT2D eigenvalue weighted by atomic mass is 32.2. The molecule has 1 amide bonds. The molecule has 0 aliphatic carbocycles. The van der Waals surface area contributed by atoms with E-state index in [0.29, 0.717) is 17.7 Å². The zero-order chi connectivity index (χ0) is 20.4. The number of carbonyl (C=O) groups excluding carboxylic acids is 1. The Kier molecular flexibility index (Phi) is 5.76. The second kappa shape index (κ2) is 7.92. The Hall–Kier alpha value is -2.39. The van der Waals surface area contributed by atoms with Crippen LogP contribution in [0.1, 0.15) is 22.3 Å². The average Bonchev–Trinajstić information content (AvgIpc) is 3.00. The highest BCUT2D eigenvalue weighted by Crippen LogP contribution is 2.19. The van der Waals surface area contributed by atoms with Gasteiger partial charge in [0, 0.05) is 17.8 Å². The molecule has 28 heavy (non-hydrogen) atoms. The van der Waals surface area contributed by atoms with Crippen LogP contribution < -0.4 is 10.0 Å². The summed E-state index contributed by atoms with van der Waals surface area (Å²) in [5.74, 6) is -0.185. The summed E-state index contributed by atoms with van der Waals surface area (Å²) < 4.78 is 50.3. The van der Waals surface area contributed by atoms with Crippen LogP contribution in [0.15, 0.2) is 53.4 Å². The molecule has 2 aromatic rings. The van der Waals surface area contributed by atoms with Crippen LogP contribution in [0, 0.1) is 12.8 Å². The molecule has 150 valence electrons. The van der Waals surface area contributed by atoms with E-state index in [2.05, 4.69) is 10.0 Å². The van der Waals surface area contributed by atoms with E-state index < -0.39 is 19.9 Å². The molecule has 9 heteroatoms. The van der Waals surface area contributed by atoms with Crippen LogP contribution in [0.4, 0.5) is 5.69 Å². The van der Waals surface area contributed by atoms with E-state index in [1.54, 1.807) is 24.3 Å². The van der Waals surface area contributed by atoms with Gasteiger partial charge < -0.3 is 5.32 Å². The third-order valence-corrected chi connectivity index (χ3v) is 7.84. The summed E-state index contributed by atoms with van der Waals surface area (Å²) in [4.78, 5) is 12.3. The molecule has 0 saturated carbocycles. The first-order chi connectivity index (χ1) is 13.1. The Morgan fingerprint density at radius 1 is 1.07 bits per heavy atom. The molecule has 1 fully saturated rings. The molecule has 0 radical (unpaired) electrons. The van der Waals surface area contributed by atoms with Gasteiger partial charge in [-0.15, -0.1) is 0 Å². The number of carbonyl (C=O) groups is 1. The van der Waals surface area contributed by atoms with Crippen LogP contribution in [0.2, 0.25) is 0 Å². The molecule has 1 atom stereocenters. The van der Waals surface area contributed by atoms with Crippen LogP contribution in [0.25, 0.3) is 0 Å². The van der Waals surface area contributed by atoms with Crippen LogP contribution in [-0.4, -0.2) is 40.8 Å². The van der Waals surface area contributed by atoms with Crippen molar-refractivity contribution in [3.63, 3.8) is 0 Å². The first kappa shape index (κ1) is 20.3. The van der Waals surface area contributed by atoms with Crippen LogP contribution in [0.5, 0.6) is 0 Å². The minimum absolute atomic E-state index is 0.0477. The lowest BCUT2D eigenvalue weighted by Gasteiger charge is -2.11. The van der Waals surface area contributed by atoms with Crippen molar-refractivity contribution < 1.29 is 21.6 Å². The molecule has 0 aromatic heterocycles. The number of amides is 1. The van der Waals surface area contributed by atoms with Crippen molar-refractivity contribution in [1.82, 2.24) is 5.32 Å². The number of sulfone groups is 1. The molecular weight excluding hydrogens is 400 g/mol. The van der Waals surface area contributed by atoms with Gasteiger partial charge in [-0.05, 0) is 55.7 Å². The lowest BCUT2D eigenvalue weighted by atomic mass is 10.1. The van der Waals surface area contributed by atoms with Crippen molar-refractivity contribution in [2.75, 3.05) is 22.8 Å². The zero-order valence-corrected chi connectivity index (χ0v) is 17.0. The van der Waals surface area contributed by atoms with Crippen molar-refractivity contribution in [2.45, 2.75) is 18.2 Å². The third kappa shape index (κ3) is 5.11. The number of rotatable bonds is 6. The highest BCUT2D eigenvalue weighted by Gasteiger charge is 2.28. The van der Waals surface area contributed by atoms with E-state index in [-0.39, 0.29) is 34.8 Å². The monoisotopic (exact) mass is 422 g/mol. The predicted molar refractivity (Wildman–Crippen MR) is 108 cm³/mol. The molecule has 2 N–H and O–H groups in total. The summed E-state index contributed by atoms with van der Waals surface area (Å²) >= 11 is 0. The number of hydrogen-bond donors (Lipinski definition) is 2. The summed E-state index contributed by atoms with van der Waals surface area (Å²) in [5, 5.41) is 2.71. The van der Waals surface area contributed by atoms with E-state index >= 15 is 0 Å². The van der Waals surface area contributed by atoms with Gasteiger partial charge in [0.25, 0.3) is 15.9 Å². The Labute approximate surface area is 165 Å². The molecule has 1 aliphatic rings. The Morgan fingerprint density at radius 2 is 1.71 bits per heavy atom. The summed E-state index contributed by atoms with van der Waals surface area (Å²) in [6.45, 7) is 2.20. The lowest BCUT2D eigenvalue weighted by Crippen LogP contribution is -2.29. The molecule has 1 aliphatic heterocycles. The first-order valence-electron chi connectivity index (χ1n) is 8.83. The Morgan fingerprint density at radius 3 is 2.29 bits per heavy atom. The topological polar surface area (TPSA) is 109 Å². The van der Waals surface area contributed by atoms with Crippen LogP contribution >= 0.6 is 0 Å². The summed E-state index contributed by atoms with van der Waals surface area (Å²) in [5.41, 5.74) is 1.79. The predicted octanol–water partition coefficient (Wildman–Crippen LogP) is 1.96. The fourth-order valence-electron chi connectivity index (χ4n) is 2.99. The van der Waals surface area contributed by atoms with E-state index in [9.17, 15) is 21.6 Å². The SMILES string of the molecule is Cc1ccc(NS(=O)(=O)c2ccc(C(=O)NCC3CCS(=O)(=O)C3)cc2)cc1. The Bertz CT molecular complexity index is 1060. The molecule has 0 bridgehead atoms. The minimum Gasteiger partial charge on any atom is -0.352 e. The van der Waals surface area contributed by atoms with Crippen LogP contribution in [0.3, 0.4) is 0 Å². The largest absolute Gasteiger partial charge is 0.352 e. The maximum atomic E-state index is 12.5. The molecule has 0 spiro atoms. The molecule has 1 saturated heterocycles. The smallest absolute Gasteiger partial charge is 0.261 e. The highest BCUT2D eigenvalue weighted by molar-refractivity contribution is 7.92. The first-order valence-corrected chi connectivity index (χ1v) is 12.1. The van der Waals surface area contributed by atoms with Crippen molar-refractivity contribution in [3.05, 3.63) is 59.7 Å². The minimum atomic E-state index is -3.76. The van der Waals surface area contributed by atoms with Gasteiger partial charge in [-0.1, -0.05) is 17.7 Å². The number of nitrogens with one attached hydrogen (secondary N) is 2. The van der Waals surface area contributed by atoms with Gasteiger partial charge in [0.05, 0.1) is 16.4 Å². The molecule has 3 rings (SSSR count). The van der Waals surface area contributed by atoms with E-state index in [1.165, 1.54) is 24.3 Å². The van der Waals surface area contributed by atoms with Crippen molar-refractivity contribution >= 4 is 31.5 Å². The van der Waals surface area contributed by atoms with Gasteiger partial charge in [-0.25, -0.2) is 16.8 Å². The van der Waals surface area contributed by atoms with Gasteiger partial charge in [-0.3, -0.25) is 9.52 Å². The van der Waals surface area contributed by atoms with Gasteiger partial charge >= 0.3 is 0 Å². The second-order valence-corrected chi connectivity index (χ2v) is 10.9. The van der Waals surface area contributed by atoms with E-state index in [1.807, 2.05) is 6.92 Å². The second-order valence-electron chi connectivity index (χ2n) is 6.97. The van der Waals surface area contributed by atoms with Gasteiger partial charge in [-0.2, -0.15) is 0 Å². The normalized spacial score (nSPS) is 18.5. The van der Waals surface area contributed by atoms with E-state index in [4.69, 9.17) is 0 Å². The molecule has 1 heterocycles. The molecule has 1 unspecified atom stereocenters. The zero-order valence-electron chi connectivity index (χ0n) is 15.4. The number of hydrogen-bond acceptors (Lipinski definition) is 5. The maximum Gasteiger partial charge on any atom is 0.261 e. The molecular formula is C19H22N2O5S2. The number of anilines is 1. The fourth-order valence-corrected chi connectivity index (χ4v) is 5.91. The average molecular weight is 423 g/mol. The Balaban J connectivity index is 1.62. The quantitative estimate of drug-likeness (QED) is 0.740. The van der Waals surface area contributed by atoms with E-state index in [0.717, 1.165) is 5.56 Å². The summed E-state index contributed by atoms with van der Waals surface area (Å²) in [6, 6.07) is 12.6. The number of sulfonamides is 1. The molecule has 7 nitrogen and oxygen atoms in total. The summed E-state index contributed by atoms with van der Waals surface area (Å²) in [7, 11) is -6.74. The summed E-state index contributed by atoms with van der Waals surface area (Å²) in [6.07, 6.45) is 0.546. The van der Waals surface area contributed by atoms with Crippen molar-refractivity contribution in [1.29, 1.82) is 0 Å². The molecule has 2 aromatic carbocycles. The van der Waals surface area contributed by atoms with Crippen molar-refractivity contribution in [3.8, 4) is 0 Å². The van der Waals surface area contributed by atoms with Gasteiger partial charge in [0.15, 0.2) is 9.84 Å². The van der Waals surface area contributed by atoms with Crippen molar-refractivity contribution in [2.24, 2.45) is 5.92 Å². The van der Waals surface area contributed by atoms with Gasteiger partial charge in [0.1, 0.15) is 0 Å². The number of aryl methyl sites for hydroxylation is 1. The third-order valence-electron chi connectivity index (χ3n) is 4.61. The van der Waals surface area contributed by atoms with Crippen LogP contribution in [-0.2, 0) is 19.9 Å².